The Balaban J connectivity index is 1.31. The van der Waals surface area contributed by atoms with Gasteiger partial charge in [-0.15, -0.1) is 0 Å². The molecule has 8 heteroatoms. The molecule has 0 saturated carbocycles. The van der Waals surface area contributed by atoms with Crippen LogP contribution in [0.3, 0.4) is 0 Å². The lowest BCUT2D eigenvalue weighted by Gasteiger charge is -2.27. The van der Waals surface area contributed by atoms with Gasteiger partial charge in [0.1, 0.15) is 40.2 Å². The highest BCUT2D eigenvalue weighted by Gasteiger charge is 2.31. The van der Waals surface area contributed by atoms with Gasteiger partial charge in [0.2, 0.25) is 11.6 Å². The van der Waals surface area contributed by atoms with Gasteiger partial charge in [-0.3, -0.25) is 0 Å². The number of halogens is 1. The van der Waals surface area contributed by atoms with Crippen molar-refractivity contribution in [2.24, 2.45) is 5.73 Å². The van der Waals surface area contributed by atoms with Crippen molar-refractivity contribution in [1.82, 2.24) is 0 Å². The van der Waals surface area contributed by atoms with E-state index >= 15 is 0 Å². The SMILES string of the molecule is Cc1c(C(=O)Oc2ccc3c(c2)OC(N)=C(C#N)C3c2cccc(Oc3ccccc3)c2)oc2ccc(Cl)cc12. The number of rotatable bonds is 5. The summed E-state index contributed by atoms with van der Waals surface area (Å²) in [6, 6.07) is 29.1. The second-order valence-electron chi connectivity index (χ2n) is 9.20. The van der Waals surface area contributed by atoms with Crippen LogP contribution in [0.5, 0.6) is 23.0 Å². The van der Waals surface area contributed by atoms with Crippen LogP contribution in [0.4, 0.5) is 0 Å². The van der Waals surface area contributed by atoms with E-state index in [-0.39, 0.29) is 23.0 Å². The molecule has 2 N–H and O–H groups in total. The van der Waals surface area contributed by atoms with Gasteiger partial charge in [-0.2, -0.15) is 5.26 Å². The van der Waals surface area contributed by atoms with E-state index in [1.54, 1.807) is 43.3 Å². The molecule has 0 bridgehead atoms. The van der Waals surface area contributed by atoms with Crippen LogP contribution in [-0.2, 0) is 0 Å². The normalized spacial score (nSPS) is 14.3. The van der Waals surface area contributed by atoms with Gasteiger partial charge in [-0.05, 0) is 61.0 Å². The van der Waals surface area contributed by atoms with Crippen molar-refractivity contribution in [2.75, 3.05) is 0 Å². The van der Waals surface area contributed by atoms with Crippen molar-refractivity contribution >= 4 is 28.5 Å². The van der Waals surface area contributed by atoms with E-state index in [1.165, 1.54) is 0 Å². The Morgan fingerprint density at radius 2 is 1.75 bits per heavy atom. The first-order chi connectivity index (χ1) is 19.4. The highest BCUT2D eigenvalue weighted by molar-refractivity contribution is 6.31. The molecule has 1 aromatic heterocycles. The van der Waals surface area contributed by atoms with E-state index in [4.69, 9.17) is 36.0 Å². The third-order valence-electron chi connectivity index (χ3n) is 6.66. The Morgan fingerprint density at radius 3 is 2.55 bits per heavy atom. The van der Waals surface area contributed by atoms with Crippen LogP contribution in [0.1, 0.15) is 33.2 Å². The summed E-state index contributed by atoms with van der Waals surface area (Å²) in [7, 11) is 0. The molecule has 40 heavy (non-hydrogen) atoms. The predicted octanol–water partition coefficient (Wildman–Crippen LogP) is 7.62. The van der Waals surface area contributed by atoms with E-state index in [1.807, 2.05) is 54.6 Å². The molecule has 196 valence electrons. The number of esters is 1. The van der Waals surface area contributed by atoms with Gasteiger partial charge in [0.25, 0.3) is 0 Å². The van der Waals surface area contributed by atoms with E-state index in [2.05, 4.69) is 6.07 Å². The van der Waals surface area contributed by atoms with E-state index in [0.717, 1.165) is 10.9 Å². The first-order valence-corrected chi connectivity index (χ1v) is 12.7. The molecule has 1 aliphatic rings. The monoisotopic (exact) mass is 548 g/mol. The second kappa shape index (κ2) is 10.2. The lowest BCUT2D eigenvalue weighted by Crippen LogP contribution is -2.21. The number of furan rings is 1. The molecule has 0 amide bonds. The van der Waals surface area contributed by atoms with Crippen LogP contribution in [0, 0.1) is 18.3 Å². The van der Waals surface area contributed by atoms with Crippen LogP contribution in [0.15, 0.2) is 107 Å². The summed E-state index contributed by atoms with van der Waals surface area (Å²) in [5, 5.41) is 11.2. The van der Waals surface area contributed by atoms with E-state index < -0.39 is 11.9 Å². The molecule has 1 aliphatic heterocycles. The summed E-state index contributed by atoms with van der Waals surface area (Å²) in [5.41, 5.74) is 9.09. The Hall–Kier alpha value is -5.19. The summed E-state index contributed by atoms with van der Waals surface area (Å²) in [4.78, 5) is 13.0. The van der Waals surface area contributed by atoms with Crippen molar-refractivity contribution in [3.05, 3.63) is 130 Å². The molecule has 1 atom stereocenters. The first-order valence-electron chi connectivity index (χ1n) is 12.4. The van der Waals surface area contributed by atoms with Gasteiger partial charge < -0.3 is 24.4 Å². The maximum absolute atomic E-state index is 13.0. The smallest absolute Gasteiger partial charge is 0.379 e. The number of nitrogens with two attached hydrogens (primary N) is 1. The standard InChI is InChI=1S/C32H21ClN2O5/c1-18-25-15-20(33)10-13-27(25)39-30(18)32(36)38-23-11-12-24-28(16-23)40-31(35)26(17-34)29(24)19-6-5-9-22(14-19)37-21-7-3-2-4-8-21/h2-16,29H,35H2,1H3. The summed E-state index contributed by atoms with van der Waals surface area (Å²) in [6.07, 6.45) is 0. The molecule has 0 aliphatic carbocycles. The second-order valence-corrected chi connectivity index (χ2v) is 9.63. The van der Waals surface area contributed by atoms with Gasteiger partial charge in [0.05, 0.1) is 5.92 Å². The zero-order valence-electron chi connectivity index (χ0n) is 21.2. The Kier molecular flexibility index (Phi) is 6.39. The average molecular weight is 549 g/mol. The van der Waals surface area contributed by atoms with Crippen molar-refractivity contribution in [2.45, 2.75) is 12.8 Å². The zero-order chi connectivity index (χ0) is 27.8. The minimum absolute atomic E-state index is 0.0251. The molecule has 5 aromatic rings. The van der Waals surface area contributed by atoms with Crippen molar-refractivity contribution in [1.29, 1.82) is 5.26 Å². The number of carbonyl (C=O) groups excluding carboxylic acids is 1. The molecule has 7 nitrogen and oxygen atoms in total. The van der Waals surface area contributed by atoms with E-state index in [0.29, 0.717) is 39.0 Å². The molecule has 0 spiro atoms. The number of benzene rings is 4. The summed E-state index contributed by atoms with van der Waals surface area (Å²) in [5.74, 6) is 0.781. The third kappa shape index (κ3) is 4.62. The van der Waals surface area contributed by atoms with Crippen molar-refractivity contribution in [3.63, 3.8) is 0 Å². The van der Waals surface area contributed by atoms with Crippen molar-refractivity contribution < 1.29 is 23.4 Å². The number of carbonyl (C=O) groups is 1. The minimum Gasteiger partial charge on any atom is -0.457 e. The average Bonchev–Trinajstić information content (AvgIpc) is 3.28. The Morgan fingerprint density at radius 1 is 0.950 bits per heavy atom. The summed E-state index contributed by atoms with van der Waals surface area (Å²) in [6.45, 7) is 1.77. The van der Waals surface area contributed by atoms with Crippen LogP contribution < -0.4 is 19.9 Å². The van der Waals surface area contributed by atoms with Gasteiger partial charge >= 0.3 is 5.97 Å². The fraction of sp³-hybridized carbons (Fsp3) is 0.0625. The topological polar surface area (TPSA) is 108 Å². The third-order valence-corrected chi connectivity index (χ3v) is 6.89. The zero-order valence-corrected chi connectivity index (χ0v) is 21.9. The van der Waals surface area contributed by atoms with Gasteiger partial charge in [0, 0.05) is 27.6 Å². The van der Waals surface area contributed by atoms with Gasteiger partial charge in [-0.25, -0.2) is 4.79 Å². The fourth-order valence-electron chi connectivity index (χ4n) is 4.77. The predicted molar refractivity (Wildman–Crippen MR) is 150 cm³/mol. The molecule has 6 rings (SSSR count). The maximum atomic E-state index is 13.0. The number of para-hydroxylation sites is 1. The number of fused-ring (bicyclic) bond motifs is 2. The maximum Gasteiger partial charge on any atom is 0.379 e. The summed E-state index contributed by atoms with van der Waals surface area (Å²) >= 11 is 6.10. The molecule has 1 unspecified atom stereocenters. The number of ether oxygens (including phenoxy) is 3. The lowest BCUT2D eigenvalue weighted by atomic mass is 9.83. The van der Waals surface area contributed by atoms with Crippen LogP contribution in [0.2, 0.25) is 5.02 Å². The number of nitrogens with zero attached hydrogens (tertiary/aromatic N) is 1. The number of allylic oxidation sites excluding steroid dienone is 1. The lowest BCUT2D eigenvalue weighted by molar-refractivity contribution is 0.0702. The largest absolute Gasteiger partial charge is 0.457 e. The number of hydrogen-bond acceptors (Lipinski definition) is 7. The molecular weight excluding hydrogens is 528 g/mol. The number of aryl methyl sites for hydroxylation is 1. The Bertz CT molecular complexity index is 1850. The van der Waals surface area contributed by atoms with Crippen LogP contribution in [0.25, 0.3) is 11.0 Å². The van der Waals surface area contributed by atoms with Gasteiger partial charge in [0.15, 0.2) is 0 Å². The molecule has 0 fully saturated rings. The van der Waals surface area contributed by atoms with E-state index in [9.17, 15) is 10.1 Å². The quantitative estimate of drug-likeness (QED) is 0.178. The molecule has 0 radical (unpaired) electrons. The molecule has 4 aromatic carbocycles. The molecule has 0 saturated heterocycles. The number of hydrogen-bond donors (Lipinski definition) is 1. The highest BCUT2D eigenvalue weighted by atomic mass is 35.5. The minimum atomic E-state index is -0.663. The van der Waals surface area contributed by atoms with Crippen LogP contribution >= 0.6 is 11.6 Å². The van der Waals surface area contributed by atoms with Crippen LogP contribution in [-0.4, -0.2) is 5.97 Å². The molecule has 2 heterocycles. The highest BCUT2D eigenvalue weighted by Crippen LogP contribution is 2.44. The number of nitriles is 1. The summed E-state index contributed by atoms with van der Waals surface area (Å²) < 4.78 is 23.2. The molecular formula is C32H21ClN2O5. The van der Waals surface area contributed by atoms with Crippen molar-refractivity contribution in [3.8, 4) is 29.1 Å². The van der Waals surface area contributed by atoms with Gasteiger partial charge in [-0.1, -0.05) is 48.0 Å². The Labute approximate surface area is 234 Å². The first kappa shape index (κ1) is 25.1. The fourth-order valence-corrected chi connectivity index (χ4v) is 4.94.